The number of nitrogens with zero attached hydrogens (tertiary/aromatic N) is 3. The molecule has 5 rings (SSSR count). The van der Waals surface area contributed by atoms with Crippen molar-refractivity contribution >= 4 is 55.8 Å². The Bertz CT molecular complexity index is 1570. The lowest BCUT2D eigenvalue weighted by Crippen LogP contribution is -2.20. The number of thioether (sulfide) groups is 1. The van der Waals surface area contributed by atoms with Gasteiger partial charge in [0.05, 0.1) is 22.0 Å². The molecular formula is C22H15ClN4O2S2. The quantitative estimate of drug-likeness (QED) is 0.302. The van der Waals surface area contributed by atoms with Crippen molar-refractivity contribution in [1.29, 1.82) is 0 Å². The Morgan fingerprint density at radius 2 is 1.84 bits per heavy atom. The maximum Gasteiger partial charge on any atom is 0.261 e. The lowest BCUT2D eigenvalue weighted by molar-refractivity contribution is 0.725. The molecule has 0 saturated carbocycles. The first-order valence-corrected chi connectivity index (χ1v) is 11.6. The van der Waals surface area contributed by atoms with Crippen molar-refractivity contribution in [1.82, 2.24) is 19.5 Å². The van der Waals surface area contributed by atoms with Gasteiger partial charge >= 0.3 is 0 Å². The summed E-state index contributed by atoms with van der Waals surface area (Å²) in [5.41, 5.74) is 1.91. The van der Waals surface area contributed by atoms with Crippen LogP contribution in [0, 0.1) is 0 Å². The van der Waals surface area contributed by atoms with Gasteiger partial charge in [0.2, 0.25) is 0 Å². The van der Waals surface area contributed by atoms with E-state index in [9.17, 15) is 9.59 Å². The third kappa shape index (κ3) is 3.56. The maximum absolute atomic E-state index is 12.9. The van der Waals surface area contributed by atoms with Crippen molar-refractivity contribution in [3.8, 4) is 11.1 Å². The Kier molecular flexibility index (Phi) is 5.13. The van der Waals surface area contributed by atoms with Crippen molar-refractivity contribution < 1.29 is 0 Å². The minimum Gasteiger partial charge on any atom is -0.309 e. The smallest absolute Gasteiger partial charge is 0.261 e. The summed E-state index contributed by atoms with van der Waals surface area (Å²) in [5, 5.41) is 4.16. The van der Waals surface area contributed by atoms with Crippen molar-refractivity contribution in [2.24, 2.45) is 7.05 Å². The van der Waals surface area contributed by atoms with Gasteiger partial charge in [-0.3, -0.25) is 14.2 Å². The van der Waals surface area contributed by atoms with E-state index in [0.717, 1.165) is 11.1 Å². The van der Waals surface area contributed by atoms with E-state index < -0.39 is 0 Å². The molecule has 0 amide bonds. The summed E-state index contributed by atoms with van der Waals surface area (Å²) < 4.78 is 1.52. The molecule has 0 bridgehead atoms. The fourth-order valence-corrected chi connectivity index (χ4v) is 5.44. The van der Waals surface area contributed by atoms with Crippen molar-refractivity contribution in [3.05, 3.63) is 85.5 Å². The Hall–Kier alpha value is -2.94. The van der Waals surface area contributed by atoms with E-state index in [-0.39, 0.29) is 11.1 Å². The summed E-state index contributed by atoms with van der Waals surface area (Å²) in [7, 11) is 1.69. The molecule has 0 aliphatic rings. The van der Waals surface area contributed by atoms with Crippen molar-refractivity contribution in [2.45, 2.75) is 10.9 Å². The Morgan fingerprint density at radius 1 is 1.06 bits per heavy atom. The Balaban J connectivity index is 1.50. The van der Waals surface area contributed by atoms with E-state index >= 15 is 0 Å². The third-order valence-electron chi connectivity index (χ3n) is 4.94. The van der Waals surface area contributed by atoms with Crippen LogP contribution < -0.4 is 11.1 Å². The summed E-state index contributed by atoms with van der Waals surface area (Å²) in [6, 6.07) is 14.7. The van der Waals surface area contributed by atoms with Crippen LogP contribution in [0.2, 0.25) is 5.02 Å². The topological polar surface area (TPSA) is 80.6 Å². The zero-order valence-electron chi connectivity index (χ0n) is 16.3. The van der Waals surface area contributed by atoms with Gasteiger partial charge in [-0.25, -0.2) is 9.97 Å². The van der Waals surface area contributed by atoms with Crippen LogP contribution in [-0.2, 0) is 12.8 Å². The zero-order valence-corrected chi connectivity index (χ0v) is 18.6. The van der Waals surface area contributed by atoms with Crippen LogP contribution >= 0.6 is 34.7 Å². The number of rotatable bonds is 4. The van der Waals surface area contributed by atoms with Crippen molar-refractivity contribution in [2.75, 3.05) is 0 Å². The van der Waals surface area contributed by atoms with Gasteiger partial charge in [0.25, 0.3) is 11.1 Å². The average Bonchev–Trinajstić information content (AvgIpc) is 3.20. The maximum atomic E-state index is 12.9. The first-order valence-electron chi connectivity index (χ1n) is 9.37. The lowest BCUT2D eigenvalue weighted by Gasteiger charge is -2.08. The van der Waals surface area contributed by atoms with Gasteiger partial charge in [0, 0.05) is 28.6 Å². The molecular weight excluding hydrogens is 452 g/mol. The predicted molar refractivity (Wildman–Crippen MR) is 127 cm³/mol. The minimum atomic E-state index is -0.211. The molecule has 1 N–H and O–H groups in total. The van der Waals surface area contributed by atoms with Gasteiger partial charge in [-0.2, -0.15) is 0 Å². The van der Waals surface area contributed by atoms with E-state index in [1.807, 2.05) is 41.8 Å². The number of aromatic amines is 1. The minimum absolute atomic E-state index is 0.104. The highest BCUT2D eigenvalue weighted by Gasteiger charge is 2.15. The van der Waals surface area contributed by atoms with Crippen LogP contribution in [0.1, 0.15) is 5.82 Å². The molecule has 31 heavy (non-hydrogen) atoms. The molecule has 0 atom stereocenters. The first-order chi connectivity index (χ1) is 15.0. The monoisotopic (exact) mass is 466 g/mol. The molecule has 2 aromatic carbocycles. The second-order valence-corrected chi connectivity index (χ2v) is 9.09. The number of aromatic nitrogens is 4. The number of fused-ring (bicyclic) bond motifs is 2. The molecule has 6 nitrogen and oxygen atoms in total. The van der Waals surface area contributed by atoms with E-state index in [2.05, 4.69) is 15.0 Å². The van der Waals surface area contributed by atoms with Crippen LogP contribution in [-0.4, -0.2) is 19.5 Å². The fourth-order valence-electron chi connectivity index (χ4n) is 3.40. The first kappa shape index (κ1) is 20.0. The normalized spacial score (nSPS) is 11.4. The second kappa shape index (κ2) is 7.96. The lowest BCUT2D eigenvalue weighted by atomic mass is 10.1. The van der Waals surface area contributed by atoms with Crippen LogP contribution in [0.5, 0.6) is 0 Å². The molecule has 0 spiro atoms. The van der Waals surface area contributed by atoms with E-state index in [4.69, 9.17) is 11.6 Å². The van der Waals surface area contributed by atoms with Crippen LogP contribution in [0.15, 0.2) is 68.7 Å². The van der Waals surface area contributed by atoms with Gasteiger partial charge in [0.1, 0.15) is 10.7 Å². The average molecular weight is 467 g/mol. The highest BCUT2D eigenvalue weighted by atomic mass is 35.5. The number of H-pyrrole nitrogens is 1. The molecule has 5 aromatic rings. The van der Waals surface area contributed by atoms with E-state index in [0.29, 0.717) is 42.9 Å². The van der Waals surface area contributed by atoms with E-state index in [1.165, 1.54) is 27.7 Å². The van der Waals surface area contributed by atoms with Gasteiger partial charge in [0.15, 0.2) is 5.16 Å². The molecule has 3 heterocycles. The van der Waals surface area contributed by atoms with Crippen molar-refractivity contribution in [3.63, 3.8) is 0 Å². The summed E-state index contributed by atoms with van der Waals surface area (Å²) in [4.78, 5) is 38.2. The standard InChI is InChI=1S/C22H15ClN4O2S2/c1-27-21(29)13-7-3-5-9-16(13)24-22(27)31-11-17-25-19(28)18-14(10-30-20(18)26-17)12-6-2-4-8-15(12)23/h2-10H,11H2,1H3,(H,25,26,28). The number of nitrogens with one attached hydrogen (secondary N) is 1. The predicted octanol–water partition coefficient (Wildman–Crippen LogP) is 4.84. The number of halogens is 1. The molecule has 0 fully saturated rings. The SMILES string of the molecule is Cn1c(SCc2nc3scc(-c4ccccc4Cl)c3c(=O)[nH]2)nc2ccccc2c1=O. The van der Waals surface area contributed by atoms with Gasteiger partial charge in [-0.05, 0) is 18.2 Å². The van der Waals surface area contributed by atoms with Gasteiger partial charge < -0.3 is 4.98 Å². The highest BCUT2D eigenvalue weighted by Crippen LogP contribution is 2.35. The van der Waals surface area contributed by atoms with E-state index in [1.54, 1.807) is 19.2 Å². The number of hydrogen-bond acceptors (Lipinski definition) is 6. The molecule has 0 unspecified atom stereocenters. The van der Waals surface area contributed by atoms with Gasteiger partial charge in [-0.15, -0.1) is 11.3 Å². The number of hydrogen-bond donors (Lipinski definition) is 1. The molecule has 9 heteroatoms. The Morgan fingerprint density at radius 3 is 2.68 bits per heavy atom. The number of benzene rings is 2. The largest absolute Gasteiger partial charge is 0.309 e. The van der Waals surface area contributed by atoms with Crippen LogP contribution in [0.4, 0.5) is 0 Å². The van der Waals surface area contributed by atoms with Crippen LogP contribution in [0.25, 0.3) is 32.2 Å². The summed E-state index contributed by atoms with van der Waals surface area (Å²) in [6.07, 6.45) is 0. The van der Waals surface area contributed by atoms with Crippen LogP contribution in [0.3, 0.4) is 0 Å². The molecule has 0 radical (unpaired) electrons. The third-order valence-corrected chi connectivity index (χ3v) is 7.18. The molecule has 3 aromatic heterocycles. The number of thiophene rings is 1. The van der Waals surface area contributed by atoms with Gasteiger partial charge in [-0.1, -0.05) is 53.7 Å². The highest BCUT2D eigenvalue weighted by molar-refractivity contribution is 7.98. The second-order valence-electron chi connectivity index (χ2n) is 6.89. The molecule has 0 aliphatic heterocycles. The summed E-state index contributed by atoms with van der Waals surface area (Å²) in [5.74, 6) is 0.904. The number of para-hydroxylation sites is 1. The molecule has 0 aliphatic carbocycles. The molecule has 0 saturated heterocycles. The summed E-state index contributed by atoms with van der Waals surface area (Å²) in [6.45, 7) is 0. The fraction of sp³-hybridized carbons (Fsp3) is 0.0909. The summed E-state index contributed by atoms with van der Waals surface area (Å²) >= 11 is 9.08. The molecule has 154 valence electrons. The Labute approximate surface area is 189 Å². The zero-order chi connectivity index (χ0) is 21.5.